The second kappa shape index (κ2) is 41.5. The van der Waals surface area contributed by atoms with Crippen molar-refractivity contribution in [3.8, 4) is 0 Å². The Labute approximate surface area is 404 Å². The van der Waals surface area contributed by atoms with E-state index in [9.17, 15) is 19.2 Å². The van der Waals surface area contributed by atoms with Gasteiger partial charge in [-0.1, -0.05) is 169 Å². The molecule has 1 atom stereocenters. The van der Waals surface area contributed by atoms with Gasteiger partial charge in [-0.05, 0) is 96.7 Å². The minimum absolute atomic E-state index is 0.00288. The molecule has 2 rings (SSSR count). The lowest BCUT2D eigenvalue weighted by atomic mass is 10.0. The molecule has 1 fully saturated rings. The molecule has 10 heteroatoms. The van der Waals surface area contributed by atoms with Crippen LogP contribution in [0.3, 0.4) is 0 Å². The van der Waals surface area contributed by atoms with Crippen LogP contribution in [-0.4, -0.2) is 81.5 Å². The van der Waals surface area contributed by atoms with Gasteiger partial charge in [-0.3, -0.25) is 19.2 Å². The van der Waals surface area contributed by atoms with Crippen LogP contribution >= 0.6 is 0 Å². The van der Waals surface area contributed by atoms with Gasteiger partial charge >= 0.3 is 11.9 Å². The zero-order valence-corrected chi connectivity index (χ0v) is 43.5. The number of unbranched alkanes of at least 4 members (excludes halogenated alkanes) is 23. The van der Waals surface area contributed by atoms with Gasteiger partial charge in [-0.2, -0.15) is 0 Å². The predicted molar refractivity (Wildman–Crippen MR) is 278 cm³/mol. The SMILES string of the molecule is CCCCCCCCC(CCC)OC(=O)CCCCCCCN(CCCCCCCC(=O)OC(CCCCCCCC)CCCCCCCC)CCCNc1c(N2CCOCC2)c(=O)c1=O. The Morgan fingerprint density at radius 1 is 0.500 bits per heavy atom. The second-order valence-electron chi connectivity index (χ2n) is 19.8. The van der Waals surface area contributed by atoms with E-state index in [1.165, 1.54) is 96.3 Å². The van der Waals surface area contributed by atoms with Crippen molar-refractivity contribution in [2.45, 2.75) is 271 Å². The molecule has 1 saturated heterocycles. The highest BCUT2D eigenvalue weighted by Gasteiger charge is 2.27. The fourth-order valence-corrected chi connectivity index (χ4v) is 9.55. The monoisotopic (exact) mass is 930 g/mol. The van der Waals surface area contributed by atoms with Crippen molar-refractivity contribution in [2.75, 3.05) is 62.7 Å². The van der Waals surface area contributed by atoms with Crippen LogP contribution in [0.1, 0.15) is 259 Å². The molecule has 1 N–H and O–H groups in total. The van der Waals surface area contributed by atoms with Gasteiger partial charge < -0.3 is 29.3 Å². The number of carbonyl (C=O) groups excluding carboxylic acids is 2. The summed E-state index contributed by atoms with van der Waals surface area (Å²) in [6.07, 6.45) is 40.6. The first-order valence-electron chi connectivity index (χ1n) is 28.4. The molecule has 0 aromatic heterocycles. The molecular weight excluding hydrogens is 827 g/mol. The first kappa shape index (κ1) is 59.7. The summed E-state index contributed by atoms with van der Waals surface area (Å²) in [5.41, 5.74) is 0.239. The normalized spacial score (nSPS) is 13.6. The summed E-state index contributed by atoms with van der Waals surface area (Å²) in [6.45, 7) is 15.0. The Kier molecular flexibility index (Phi) is 37.5. The molecule has 1 heterocycles. The van der Waals surface area contributed by atoms with Gasteiger partial charge in [0.2, 0.25) is 0 Å². The summed E-state index contributed by atoms with van der Waals surface area (Å²) in [6, 6.07) is 0. The Hall–Kier alpha value is -2.46. The second-order valence-corrected chi connectivity index (χ2v) is 19.8. The highest BCUT2D eigenvalue weighted by Crippen LogP contribution is 2.22. The van der Waals surface area contributed by atoms with Crippen molar-refractivity contribution in [1.82, 2.24) is 4.90 Å². The van der Waals surface area contributed by atoms with Crippen LogP contribution in [0.4, 0.5) is 11.4 Å². The van der Waals surface area contributed by atoms with E-state index >= 15 is 0 Å². The number of esters is 2. The summed E-state index contributed by atoms with van der Waals surface area (Å²) in [4.78, 5) is 55.1. The van der Waals surface area contributed by atoms with Crippen molar-refractivity contribution in [3.63, 3.8) is 0 Å². The van der Waals surface area contributed by atoms with Gasteiger partial charge in [0.25, 0.3) is 10.9 Å². The van der Waals surface area contributed by atoms with Crippen LogP contribution in [0.2, 0.25) is 0 Å². The van der Waals surface area contributed by atoms with Crippen LogP contribution in [0.25, 0.3) is 0 Å². The van der Waals surface area contributed by atoms with Crippen molar-refractivity contribution < 1.29 is 23.8 Å². The van der Waals surface area contributed by atoms with Crippen molar-refractivity contribution >= 4 is 23.3 Å². The summed E-state index contributed by atoms with van der Waals surface area (Å²) in [7, 11) is 0. The van der Waals surface area contributed by atoms with E-state index < -0.39 is 5.43 Å². The molecule has 0 aliphatic carbocycles. The molecular formula is C56H103N3O7. The number of anilines is 2. The largest absolute Gasteiger partial charge is 0.462 e. The van der Waals surface area contributed by atoms with E-state index in [0.717, 1.165) is 142 Å². The molecule has 66 heavy (non-hydrogen) atoms. The van der Waals surface area contributed by atoms with Gasteiger partial charge in [-0.25, -0.2) is 0 Å². The van der Waals surface area contributed by atoms with Gasteiger partial charge in [-0.15, -0.1) is 0 Å². The van der Waals surface area contributed by atoms with Gasteiger partial charge in [0.05, 0.1) is 13.2 Å². The fraction of sp³-hybridized carbons (Fsp3) is 0.893. The molecule has 1 unspecified atom stereocenters. The molecule has 0 radical (unpaired) electrons. The maximum Gasteiger partial charge on any atom is 0.306 e. The minimum Gasteiger partial charge on any atom is -0.462 e. The molecule has 0 saturated carbocycles. The molecule has 1 aromatic carbocycles. The van der Waals surface area contributed by atoms with E-state index in [-0.39, 0.29) is 29.6 Å². The third-order valence-corrected chi connectivity index (χ3v) is 13.7. The molecule has 1 aliphatic rings. The van der Waals surface area contributed by atoms with Crippen LogP contribution in [0.5, 0.6) is 0 Å². The minimum atomic E-state index is -0.398. The topological polar surface area (TPSA) is 114 Å². The Balaban J connectivity index is 1.74. The molecule has 1 aromatic rings. The third kappa shape index (κ3) is 29.4. The van der Waals surface area contributed by atoms with Gasteiger partial charge in [0.1, 0.15) is 23.6 Å². The maximum atomic E-state index is 12.9. The maximum absolute atomic E-state index is 12.9. The first-order chi connectivity index (χ1) is 32.3. The van der Waals surface area contributed by atoms with Crippen LogP contribution in [0, 0.1) is 0 Å². The summed E-state index contributed by atoms with van der Waals surface area (Å²) >= 11 is 0. The Morgan fingerprint density at radius 2 is 0.894 bits per heavy atom. The summed E-state index contributed by atoms with van der Waals surface area (Å²) in [5.74, 6) is -0.0249. The van der Waals surface area contributed by atoms with E-state index in [2.05, 4.69) is 37.9 Å². The molecule has 0 spiro atoms. The predicted octanol–water partition coefficient (Wildman–Crippen LogP) is 13.8. The smallest absolute Gasteiger partial charge is 0.306 e. The van der Waals surface area contributed by atoms with E-state index in [1.807, 2.05) is 4.90 Å². The average Bonchev–Trinajstić information content (AvgIpc) is 3.32. The van der Waals surface area contributed by atoms with Gasteiger partial charge in [0.15, 0.2) is 0 Å². The number of nitrogens with zero attached hydrogens (tertiary/aromatic N) is 2. The first-order valence-corrected chi connectivity index (χ1v) is 28.4. The Morgan fingerprint density at radius 3 is 1.35 bits per heavy atom. The molecule has 0 amide bonds. The molecule has 0 bridgehead atoms. The Bertz CT molecular complexity index is 1360. The zero-order chi connectivity index (χ0) is 47.7. The number of ether oxygens (including phenoxy) is 3. The van der Waals surface area contributed by atoms with Crippen molar-refractivity contribution in [1.29, 1.82) is 0 Å². The number of hydrogen-bond acceptors (Lipinski definition) is 10. The van der Waals surface area contributed by atoms with E-state index in [1.54, 1.807) is 0 Å². The molecule has 384 valence electrons. The summed E-state index contributed by atoms with van der Waals surface area (Å²) < 4.78 is 17.5. The average molecular weight is 930 g/mol. The zero-order valence-electron chi connectivity index (χ0n) is 43.5. The highest BCUT2D eigenvalue weighted by molar-refractivity contribution is 5.75. The third-order valence-electron chi connectivity index (χ3n) is 13.7. The van der Waals surface area contributed by atoms with Gasteiger partial charge in [0, 0.05) is 32.5 Å². The number of nitrogens with one attached hydrogen (secondary N) is 1. The summed E-state index contributed by atoms with van der Waals surface area (Å²) in [5, 5.41) is 3.31. The lowest BCUT2D eigenvalue weighted by Gasteiger charge is -2.31. The number of carbonyl (C=O) groups is 2. The molecule has 10 nitrogen and oxygen atoms in total. The van der Waals surface area contributed by atoms with Crippen LogP contribution in [-0.2, 0) is 23.8 Å². The van der Waals surface area contributed by atoms with Crippen molar-refractivity contribution in [2.24, 2.45) is 0 Å². The standard InChI is InChI=1S/C56H103N3O7/c1-5-9-12-15-20-27-36-49(35-8-4)65-51(60)39-30-23-18-25-32-42-58(44-34-41-57-53-54(56(63)55(53)62)59-45-47-64-48-46-59)43-33-26-19-24-31-40-52(61)66-50(37-28-21-16-13-10-6-2)38-29-22-17-14-11-7-3/h49-50,57H,5-48H2,1-4H3. The lowest BCUT2D eigenvalue weighted by molar-refractivity contribution is -0.151. The molecule has 1 aliphatic heterocycles. The van der Waals surface area contributed by atoms with Crippen molar-refractivity contribution in [3.05, 3.63) is 20.4 Å². The number of hydrogen-bond donors (Lipinski definition) is 1. The lowest BCUT2D eigenvalue weighted by Crippen LogP contribution is -2.47. The van der Waals surface area contributed by atoms with Crippen LogP contribution in [0.15, 0.2) is 9.59 Å². The number of morpholine rings is 1. The van der Waals surface area contributed by atoms with E-state index in [4.69, 9.17) is 14.2 Å². The fourth-order valence-electron chi connectivity index (χ4n) is 9.55. The quantitative estimate of drug-likeness (QED) is 0.0385. The van der Waals surface area contributed by atoms with Crippen LogP contribution < -0.4 is 21.1 Å². The highest BCUT2D eigenvalue weighted by atomic mass is 16.5. The van der Waals surface area contributed by atoms with E-state index in [0.29, 0.717) is 57.1 Å². The number of rotatable bonds is 47.